The van der Waals surface area contributed by atoms with Crippen molar-refractivity contribution in [2.75, 3.05) is 0 Å². The number of benzene rings is 2. The third kappa shape index (κ3) is 4.45. The van der Waals surface area contributed by atoms with Gasteiger partial charge in [0.2, 0.25) is 0 Å². The molecule has 2 aromatic rings. The first-order valence-electron chi connectivity index (χ1n) is 7.32. The summed E-state index contributed by atoms with van der Waals surface area (Å²) in [5.74, 6) is -0.861. The second kappa shape index (κ2) is 7.98. The molecule has 4 nitrogen and oxygen atoms in total. The summed E-state index contributed by atoms with van der Waals surface area (Å²) in [6.45, 7) is 1.67. The highest BCUT2D eigenvalue weighted by Gasteiger charge is 2.12. The van der Waals surface area contributed by atoms with Crippen LogP contribution < -0.4 is 5.48 Å². The molecule has 0 radical (unpaired) electrons. The molecule has 0 unspecified atom stereocenters. The maximum atomic E-state index is 12.1. The largest absolute Gasteiger partial charge is 0.341 e. The van der Waals surface area contributed by atoms with Crippen molar-refractivity contribution in [1.29, 1.82) is 0 Å². The van der Waals surface area contributed by atoms with Crippen LogP contribution in [0.4, 0.5) is 0 Å². The second-order valence-electron chi connectivity index (χ2n) is 4.90. The van der Waals surface area contributed by atoms with Crippen LogP contribution in [0, 0.1) is 0 Å². The van der Waals surface area contributed by atoms with E-state index < -0.39 is 11.9 Å². The molecular formula is C18H19NO3. The molecule has 0 spiro atoms. The first kappa shape index (κ1) is 15.8. The van der Waals surface area contributed by atoms with Crippen LogP contribution in [0.5, 0.6) is 0 Å². The Kier molecular flexibility index (Phi) is 5.72. The van der Waals surface area contributed by atoms with E-state index in [2.05, 4.69) is 22.5 Å². The summed E-state index contributed by atoms with van der Waals surface area (Å²) in [4.78, 5) is 27.9. The van der Waals surface area contributed by atoms with Crippen molar-refractivity contribution in [3.8, 4) is 0 Å². The van der Waals surface area contributed by atoms with Gasteiger partial charge in [-0.3, -0.25) is 4.79 Å². The summed E-state index contributed by atoms with van der Waals surface area (Å²) >= 11 is 0. The molecule has 0 aliphatic carbocycles. The van der Waals surface area contributed by atoms with Gasteiger partial charge in [0.15, 0.2) is 0 Å². The highest BCUT2D eigenvalue weighted by atomic mass is 16.7. The predicted molar refractivity (Wildman–Crippen MR) is 84.1 cm³/mol. The van der Waals surface area contributed by atoms with Crippen molar-refractivity contribution in [2.45, 2.75) is 26.2 Å². The molecule has 4 heteroatoms. The maximum Gasteiger partial charge on any atom is 0.331 e. The number of hydroxylamine groups is 1. The molecule has 0 heterocycles. The fraction of sp³-hybridized carbons (Fsp3) is 0.222. The molecule has 0 atom stereocenters. The fourth-order valence-corrected chi connectivity index (χ4v) is 2.11. The molecule has 1 amide bonds. The Hall–Kier alpha value is -2.62. The lowest BCUT2D eigenvalue weighted by atomic mass is 9.99. The lowest BCUT2D eigenvalue weighted by Gasteiger charge is -2.10. The van der Waals surface area contributed by atoms with Crippen LogP contribution in [0.3, 0.4) is 0 Å². The van der Waals surface area contributed by atoms with Crippen LogP contribution in [-0.2, 0) is 22.5 Å². The summed E-state index contributed by atoms with van der Waals surface area (Å²) in [5.41, 5.74) is 4.87. The normalized spacial score (nSPS) is 10.0. The zero-order chi connectivity index (χ0) is 15.8. The molecule has 2 aromatic carbocycles. The minimum absolute atomic E-state index is 0.218. The minimum atomic E-state index is -0.463. The standard InChI is InChI=1S/C18H19NO3/c1-2-17(20)22-19-18(21)16-11-7-6-10-15(16)13-12-14-8-4-3-5-9-14/h3-11H,2,12-13H2,1H3,(H,19,21). The Bertz CT molecular complexity index is 638. The highest BCUT2D eigenvalue weighted by molar-refractivity contribution is 5.95. The summed E-state index contributed by atoms with van der Waals surface area (Å²) in [5, 5.41) is 0. The molecular weight excluding hydrogens is 278 g/mol. The van der Waals surface area contributed by atoms with Crippen molar-refractivity contribution >= 4 is 11.9 Å². The lowest BCUT2D eigenvalue weighted by Crippen LogP contribution is -2.27. The van der Waals surface area contributed by atoms with Gasteiger partial charge in [-0.05, 0) is 30.0 Å². The zero-order valence-corrected chi connectivity index (χ0v) is 12.5. The van der Waals surface area contributed by atoms with Gasteiger partial charge in [-0.25, -0.2) is 4.79 Å². The number of carbonyl (C=O) groups is 2. The van der Waals surface area contributed by atoms with E-state index in [0.717, 1.165) is 18.4 Å². The molecule has 114 valence electrons. The number of hydrogen-bond acceptors (Lipinski definition) is 3. The molecule has 0 aliphatic rings. The summed E-state index contributed by atoms with van der Waals surface area (Å²) in [6, 6.07) is 17.4. The molecule has 2 rings (SSSR count). The Balaban J connectivity index is 2.03. The van der Waals surface area contributed by atoms with Gasteiger partial charge in [-0.1, -0.05) is 55.5 Å². The van der Waals surface area contributed by atoms with E-state index in [9.17, 15) is 9.59 Å². The second-order valence-corrected chi connectivity index (χ2v) is 4.90. The van der Waals surface area contributed by atoms with Crippen LogP contribution in [-0.4, -0.2) is 11.9 Å². The third-order valence-electron chi connectivity index (χ3n) is 3.33. The number of hydrogen-bond donors (Lipinski definition) is 1. The quantitative estimate of drug-likeness (QED) is 0.863. The zero-order valence-electron chi connectivity index (χ0n) is 12.5. The maximum absolute atomic E-state index is 12.1. The molecule has 0 aliphatic heterocycles. The van der Waals surface area contributed by atoms with E-state index in [1.165, 1.54) is 5.56 Å². The molecule has 22 heavy (non-hydrogen) atoms. The average Bonchev–Trinajstić information content (AvgIpc) is 2.58. The van der Waals surface area contributed by atoms with E-state index in [-0.39, 0.29) is 6.42 Å². The molecule has 0 bridgehead atoms. The Morgan fingerprint density at radius 3 is 2.36 bits per heavy atom. The number of aryl methyl sites for hydroxylation is 2. The lowest BCUT2D eigenvalue weighted by molar-refractivity contribution is -0.148. The third-order valence-corrected chi connectivity index (χ3v) is 3.33. The van der Waals surface area contributed by atoms with Crippen LogP contribution >= 0.6 is 0 Å². The van der Waals surface area contributed by atoms with Crippen LogP contribution in [0.15, 0.2) is 54.6 Å². The van der Waals surface area contributed by atoms with Gasteiger partial charge in [-0.15, -0.1) is 0 Å². The number of amides is 1. The summed E-state index contributed by atoms with van der Waals surface area (Å²) in [7, 11) is 0. The minimum Gasteiger partial charge on any atom is -0.341 e. The first-order valence-corrected chi connectivity index (χ1v) is 7.32. The van der Waals surface area contributed by atoms with E-state index in [1.807, 2.05) is 30.3 Å². The van der Waals surface area contributed by atoms with Crippen molar-refractivity contribution in [3.63, 3.8) is 0 Å². The summed E-state index contributed by atoms with van der Waals surface area (Å²) < 4.78 is 0. The first-order chi connectivity index (χ1) is 10.7. The van der Waals surface area contributed by atoms with E-state index in [1.54, 1.807) is 19.1 Å². The Morgan fingerprint density at radius 2 is 1.64 bits per heavy atom. The van der Waals surface area contributed by atoms with Crippen molar-refractivity contribution in [1.82, 2.24) is 5.48 Å². The van der Waals surface area contributed by atoms with Gasteiger partial charge >= 0.3 is 5.97 Å². The van der Waals surface area contributed by atoms with Gasteiger partial charge in [-0.2, -0.15) is 5.48 Å². The SMILES string of the molecule is CCC(=O)ONC(=O)c1ccccc1CCc1ccccc1. The van der Waals surface area contributed by atoms with Gasteiger partial charge in [0.25, 0.3) is 5.91 Å². The van der Waals surface area contributed by atoms with Crippen LogP contribution in [0.2, 0.25) is 0 Å². The average molecular weight is 297 g/mol. The van der Waals surface area contributed by atoms with Crippen LogP contribution in [0.25, 0.3) is 0 Å². The molecule has 0 saturated carbocycles. The topological polar surface area (TPSA) is 55.4 Å². The smallest absolute Gasteiger partial charge is 0.331 e. The van der Waals surface area contributed by atoms with Gasteiger partial charge in [0.05, 0.1) is 0 Å². The van der Waals surface area contributed by atoms with Gasteiger partial charge in [0.1, 0.15) is 0 Å². The van der Waals surface area contributed by atoms with Gasteiger partial charge in [0, 0.05) is 12.0 Å². The van der Waals surface area contributed by atoms with E-state index in [4.69, 9.17) is 0 Å². The number of nitrogens with one attached hydrogen (secondary N) is 1. The predicted octanol–water partition coefficient (Wildman–Crippen LogP) is 3.07. The monoisotopic (exact) mass is 297 g/mol. The van der Waals surface area contributed by atoms with Crippen LogP contribution in [0.1, 0.15) is 34.8 Å². The van der Waals surface area contributed by atoms with Crippen molar-refractivity contribution < 1.29 is 14.4 Å². The number of rotatable bonds is 5. The highest BCUT2D eigenvalue weighted by Crippen LogP contribution is 2.13. The Labute approximate surface area is 130 Å². The molecule has 1 N–H and O–H groups in total. The van der Waals surface area contributed by atoms with Crippen molar-refractivity contribution in [3.05, 3.63) is 71.3 Å². The molecule has 0 saturated heterocycles. The van der Waals surface area contributed by atoms with E-state index >= 15 is 0 Å². The summed E-state index contributed by atoms with van der Waals surface area (Å²) in [6.07, 6.45) is 1.81. The van der Waals surface area contributed by atoms with Gasteiger partial charge < -0.3 is 4.84 Å². The Morgan fingerprint density at radius 1 is 0.955 bits per heavy atom. The number of carbonyl (C=O) groups excluding carboxylic acids is 2. The molecule has 0 aromatic heterocycles. The van der Waals surface area contributed by atoms with Crippen molar-refractivity contribution in [2.24, 2.45) is 0 Å². The molecule has 0 fully saturated rings. The van der Waals surface area contributed by atoms with E-state index in [0.29, 0.717) is 5.56 Å². The fourth-order valence-electron chi connectivity index (χ4n) is 2.11.